The van der Waals surface area contributed by atoms with E-state index in [1.54, 1.807) is 0 Å². The standard InChI is InChI=1S/C13H19N3O2/c1-2-17-13-11(14)5-6-12(15-13)16-7-9-3-4-10(8-16)18-9/h5-6,9-10H,2-4,7-8,14H2,1H3. The van der Waals surface area contributed by atoms with Crippen LogP contribution >= 0.6 is 0 Å². The Labute approximate surface area is 107 Å². The molecule has 98 valence electrons. The summed E-state index contributed by atoms with van der Waals surface area (Å²) in [5.74, 6) is 1.47. The van der Waals surface area contributed by atoms with Gasteiger partial charge in [-0.1, -0.05) is 0 Å². The molecule has 1 aromatic rings. The van der Waals surface area contributed by atoms with Crippen LogP contribution in [0.3, 0.4) is 0 Å². The molecule has 2 bridgehead atoms. The first kappa shape index (κ1) is 11.6. The number of ether oxygens (including phenoxy) is 2. The highest BCUT2D eigenvalue weighted by atomic mass is 16.5. The number of morpholine rings is 1. The lowest BCUT2D eigenvalue weighted by molar-refractivity contribution is 0.0302. The summed E-state index contributed by atoms with van der Waals surface area (Å²) in [4.78, 5) is 6.78. The highest BCUT2D eigenvalue weighted by Gasteiger charge is 2.34. The van der Waals surface area contributed by atoms with E-state index in [4.69, 9.17) is 15.2 Å². The lowest BCUT2D eigenvalue weighted by Crippen LogP contribution is -2.43. The van der Waals surface area contributed by atoms with Crippen LogP contribution in [0, 0.1) is 0 Å². The minimum absolute atomic E-state index is 0.360. The molecule has 1 aromatic heterocycles. The molecule has 0 aromatic carbocycles. The summed E-state index contributed by atoms with van der Waals surface area (Å²) < 4.78 is 11.3. The van der Waals surface area contributed by atoms with Gasteiger partial charge in [-0.25, -0.2) is 0 Å². The van der Waals surface area contributed by atoms with E-state index in [9.17, 15) is 0 Å². The topological polar surface area (TPSA) is 60.6 Å². The minimum atomic E-state index is 0.360. The van der Waals surface area contributed by atoms with Gasteiger partial charge in [0.1, 0.15) is 5.82 Å². The Morgan fingerprint density at radius 1 is 1.39 bits per heavy atom. The van der Waals surface area contributed by atoms with Crippen LogP contribution < -0.4 is 15.4 Å². The summed E-state index contributed by atoms with van der Waals surface area (Å²) in [5.41, 5.74) is 6.44. The second kappa shape index (κ2) is 4.65. The molecule has 3 heterocycles. The number of hydrogen-bond donors (Lipinski definition) is 1. The normalized spacial score (nSPS) is 26.4. The number of pyridine rings is 1. The summed E-state index contributed by atoms with van der Waals surface area (Å²) in [5, 5.41) is 0. The van der Waals surface area contributed by atoms with Gasteiger partial charge in [-0.3, -0.25) is 0 Å². The predicted molar refractivity (Wildman–Crippen MR) is 69.9 cm³/mol. The van der Waals surface area contributed by atoms with Crippen molar-refractivity contribution in [1.29, 1.82) is 0 Å². The fourth-order valence-electron chi connectivity index (χ4n) is 2.67. The molecule has 2 saturated heterocycles. The Balaban J connectivity index is 1.81. The van der Waals surface area contributed by atoms with Crippen molar-refractivity contribution in [1.82, 2.24) is 4.98 Å². The molecule has 2 aliphatic rings. The Hall–Kier alpha value is -1.49. The van der Waals surface area contributed by atoms with Crippen molar-refractivity contribution in [2.75, 3.05) is 30.3 Å². The zero-order chi connectivity index (χ0) is 12.5. The van der Waals surface area contributed by atoms with Crippen molar-refractivity contribution in [3.05, 3.63) is 12.1 Å². The average Bonchev–Trinajstić information content (AvgIpc) is 2.71. The zero-order valence-corrected chi connectivity index (χ0v) is 10.6. The first-order chi connectivity index (χ1) is 8.76. The van der Waals surface area contributed by atoms with Gasteiger partial charge in [0.2, 0.25) is 5.88 Å². The van der Waals surface area contributed by atoms with Gasteiger partial charge in [0.15, 0.2) is 0 Å². The maximum atomic E-state index is 5.84. The summed E-state index contributed by atoms with van der Waals surface area (Å²) in [6.45, 7) is 4.34. The molecular formula is C13H19N3O2. The fraction of sp³-hybridized carbons (Fsp3) is 0.615. The second-order valence-corrected chi connectivity index (χ2v) is 4.86. The van der Waals surface area contributed by atoms with Gasteiger partial charge in [0.05, 0.1) is 24.5 Å². The van der Waals surface area contributed by atoms with Crippen LogP contribution in [0.5, 0.6) is 5.88 Å². The van der Waals surface area contributed by atoms with Crippen LogP contribution in [0.15, 0.2) is 12.1 Å². The molecule has 0 saturated carbocycles. The van der Waals surface area contributed by atoms with E-state index < -0.39 is 0 Å². The Morgan fingerprint density at radius 2 is 2.11 bits per heavy atom. The zero-order valence-electron chi connectivity index (χ0n) is 10.6. The number of fused-ring (bicyclic) bond motifs is 2. The van der Waals surface area contributed by atoms with Crippen LogP contribution in [0.4, 0.5) is 11.5 Å². The maximum Gasteiger partial charge on any atom is 0.239 e. The van der Waals surface area contributed by atoms with Crippen molar-refractivity contribution >= 4 is 11.5 Å². The Bertz CT molecular complexity index is 426. The van der Waals surface area contributed by atoms with Gasteiger partial charge in [0, 0.05) is 13.1 Å². The first-order valence-electron chi connectivity index (χ1n) is 6.56. The van der Waals surface area contributed by atoms with Crippen LogP contribution in [0.25, 0.3) is 0 Å². The van der Waals surface area contributed by atoms with Crippen molar-refractivity contribution in [2.24, 2.45) is 0 Å². The largest absolute Gasteiger partial charge is 0.476 e. The third-order valence-corrected chi connectivity index (χ3v) is 3.52. The van der Waals surface area contributed by atoms with Gasteiger partial charge in [0.25, 0.3) is 0 Å². The number of hydrogen-bond acceptors (Lipinski definition) is 5. The number of anilines is 2. The van der Waals surface area contributed by atoms with E-state index in [1.165, 1.54) is 0 Å². The van der Waals surface area contributed by atoms with E-state index >= 15 is 0 Å². The number of rotatable bonds is 3. The van der Waals surface area contributed by atoms with Gasteiger partial charge in [-0.05, 0) is 31.9 Å². The quantitative estimate of drug-likeness (QED) is 0.878. The lowest BCUT2D eigenvalue weighted by Gasteiger charge is -2.33. The molecule has 2 atom stereocenters. The molecule has 2 unspecified atom stereocenters. The molecule has 3 rings (SSSR count). The monoisotopic (exact) mass is 249 g/mol. The van der Waals surface area contributed by atoms with Crippen LogP contribution in [-0.2, 0) is 4.74 Å². The summed E-state index contributed by atoms with van der Waals surface area (Å²) in [6.07, 6.45) is 3.04. The van der Waals surface area contributed by atoms with E-state index in [-0.39, 0.29) is 0 Å². The molecule has 18 heavy (non-hydrogen) atoms. The van der Waals surface area contributed by atoms with E-state index in [1.807, 2.05) is 19.1 Å². The molecule has 5 heteroatoms. The molecule has 0 radical (unpaired) electrons. The molecular weight excluding hydrogens is 230 g/mol. The Morgan fingerprint density at radius 3 is 2.78 bits per heavy atom. The summed E-state index contributed by atoms with van der Waals surface area (Å²) in [7, 11) is 0. The molecule has 2 aliphatic heterocycles. The molecule has 2 fully saturated rings. The van der Waals surface area contributed by atoms with Crippen LogP contribution in [0.1, 0.15) is 19.8 Å². The minimum Gasteiger partial charge on any atom is -0.476 e. The third-order valence-electron chi connectivity index (χ3n) is 3.52. The van der Waals surface area contributed by atoms with Crippen molar-refractivity contribution < 1.29 is 9.47 Å². The predicted octanol–water partition coefficient (Wildman–Crippen LogP) is 1.43. The van der Waals surface area contributed by atoms with Gasteiger partial charge in [-0.15, -0.1) is 0 Å². The average molecular weight is 249 g/mol. The van der Waals surface area contributed by atoms with E-state index in [0.717, 1.165) is 31.7 Å². The fourth-order valence-corrected chi connectivity index (χ4v) is 2.67. The van der Waals surface area contributed by atoms with E-state index in [2.05, 4.69) is 9.88 Å². The number of nitrogens with zero attached hydrogens (tertiary/aromatic N) is 2. The first-order valence-corrected chi connectivity index (χ1v) is 6.56. The molecule has 2 N–H and O–H groups in total. The molecule has 0 spiro atoms. The highest BCUT2D eigenvalue weighted by Crippen LogP contribution is 2.30. The molecule has 5 nitrogen and oxygen atoms in total. The SMILES string of the molecule is CCOc1nc(N2CC3CCC(C2)O3)ccc1N. The number of nitrogens with two attached hydrogens (primary N) is 1. The van der Waals surface area contributed by atoms with Gasteiger partial charge >= 0.3 is 0 Å². The molecule has 0 aliphatic carbocycles. The van der Waals surface area contributed by atoms with Crippen molar-refractivity contribution in [3.8, 4) is 5.88 Å². The maximum absolute atomic E-state index is 5.84. The van der Waals surface area contributed by atoms with Crippen LogP contribution in [0.2, 0.25) is 0 Å². The summed E-state index contributed by atoms with van der Waals surface area (Å²) in [6, 6.07) is 3.83. The third kappa shape index (κ3) is 2.10. The second-order valence-electron chi connectivity index (χ2n) is 4.86. The molecule has 0 amide bonds. The highest BCUT2D eigenvalue weighted by molar-refractivity contribution is 5.54. The summed E-state index contributed by atoms with van der Waals surface area (Å²) >= 11 is 0. The van der Waals surface area contributed by atoms with Crippen LogP contribution in [-0.4, -0.2) is 36.9 Å². The van der Waals surface area contributed by atoms with Gasteiger partial charge < -0.3 is 20.1 Å². The van der Waals surface area contributed by atoms with E-state index in [0.29, 0.717) is 30.4 Å². The number of nitrogen functional groups attached to an aromatic ring is 1. The Kier molecular flexibility index (Phi) is 2.99. The van der Waals surface area contributed by atoms with Crippen molar-refractivity contribution in [3.63, 3.8) is 0 Å². The lowest BCUT2D eigenvalue weighted by atomic mass is 10.2. The number of aromatic nitrogens is 1. The van der Waals surface area contributed by atoms with Gasteiger partial charge in [-0.2, -0.15) is 4.98 Å². The van der Waals surface area contributed by atoms with Crippen molar-refractivity contribution in [2.45, 2.75) is 32.0 Å². The smallest absolute Gasteiger partial charge is 0.239 e.